The molecule has 0 saturated carbocycles. The lowest BCUT2D eigenvalue weighted by Gasteiger charge is -2.24. The zero-order chi connectivity index (χ0) is 12.5. The van der Waals surface area contributed by atoms with Crippen molar-refractivity contribution in [1.82, 2.24) is 0 Å². The van der Waals surface area contributed by atoms with Crippen LogP contribution in [0.1, 0.15) is 57.2 Å². The van der Waals surface area contributed by atoms with Crippen LogP contribution in [0.2, 0.25) is 0 Å². The summed E-state index contributed by atoms with van der Waals surface area (Å²) in [5.41, 5.74) is 4.07. The van der Waals surface area contributed by atoms with Gasteiger partial charge in [0, 0.05) is 10.4 Å². The largest absolute Gasteiger partial charge is 0.122 e. The first-order valence-corrected chi connectivity index (χ1v) is 6.99. The van der Waals surface area contributed by atoms with Gasteiger partial charge in [-0.05, 0) is 34.1 Å². The molecule has 0 unspecified atom stereocenters. The zero-order valence-electron chi connectivity index (χ0n) is 10.7. The number of alkyl halides is 1. The van der Waals surface area contributed by atoms with Crippen LogP contribution in [0.15, 0.2) is 16.6 Å². The Kier molecular flexibility index (Phi) is 4.48. The van der Waals surface area contributed by atoms with Gasteiger partial charge in [-0.3, -0.25) is 0 Å². The standard InChI is InChI=1S/C14H20BrCl/c1-9(2)11-7-13(15)12(14(3,4)5)6-10(11)8-16/h6-7,9H,8H2,1-5H3. The molecule has 0 bridgehead atoms. The Morgan fingerprint density at radius 3 is 2.19 bits per heavy atom. The molecule has 90 valence electrons. The van der Waals surface area contributed by atoms with Gasteiger partial charge in [0.25, 0.3) is 0 Å². The molecule has 0 N–H and O–H groups in total. The van der Waals surface area contributed by atoms with E-state index in [0.29, 0.717) is 11.8 Å². The van der Waals surface area contributed by atoms with Crippen LogP contribution >= 0.6 is 27.5 Å². The van der Waals surface area contributed by atoms with Crippen LogP contribution in [0.5, 0.6) is 0 Å². The Balaban J connectivity index is 3.37. The predicted molar refractivity (Wildman–Crippen MR) is 76.5 cm³/mol. The van der Waals surface area contributed by atoms with E-state index in [-0.39, 0.29) is 5.41 Å². The van der Waals surface area contributed by atoms with Crippen LogP contribution in [0, 0.1) is 0 Å². The topological polar surface area (TPSA) is 0 Å². The molecule has 16 heavy (non-hydrogen) atoms. The molecule has 0 aromatic heterocycles. The third-order valence-corrected chi connectivity index (χ3v) is 3.75. The van der Waals surface area contributed by atoms with Crippen molar-refractivity contribution in [2.24, 2.45) is 0 Å². The second-order valence-electron chi connectivity index (χ2n) is 5.57. The molecular weight excluding hydrogens is 284 g/mol. The van der Waals surface area contributed by atoms with Crippen LogP contribution in [-0.4, -0.2) is 0 Å². The summed E-state index contributed by atoms with van der Waals surface area (Å²) in [6.07, 6.45) is 0. The molecule has 0 spiro atoms. The summed E-state index contributed by atoms with van der Waals surface area (Å²) >= 11 is 9.71. The highest BCUT2D eigenvalue weighted by Crippen LogP contribution is 2.34. The average molecular weight is 304 g/mol. The van der Waals surface area contributed by atoms with Gasteiger partial charge in [-0.1, -0.05) is 56.6 Å². The van der Waals surface area contributed by atoms with Crippen molar-refractivity contribution in [1.29, 1.82) is 0 Å². The van der Waals surface area contributed by atoms with E-state index in [0.717, 1.165) is 0 Å². The Labute approximate surface area is 113 Å². The second-order valence-corrected chi connectivity index (χ2v) is 6.69. The molecule has 1 rings (SSSR count). The molecule has 0 atom stereocenters. The number of hydrogen-bond donors (Lipinski definition) is 0. The monoisotopic (exact) mass is 302 g/mol. The van der Waals surface area contributed by atoms with Crippen molar-refractivity contribution < 1.29 is 0 Å². The van der Waals surface area contributed by atoms with Crippen LogP contribution in [-0.2, 0) is 11.3 Å². The predicted octanol–water partition coefficient (Wildman–Crippen LogP) is 5.61. The third kappa shape index (κ3) is 3.01. The van der Waals surface area contributed by atoms with Crippen LogP contribution in [0.3, 0.4) is 0 Å². The van der Waals surface area contributed by atoms with Crippen molar-refractivity contribution in [2.75, 3.05) is 0 Å². The summed E-state index contributed by atoms with van der Waals surface area (Å²) < 4.78 is 1.19. The lowest BCUT2D eigenvalue weighted by atomic mass is 9.84. The van der Waals surface area contributed by atoms with Gasteiger partial charge >= 0.3 is 0 Å². The quantitative estimate of drug-likeness (QED) is 0.623. The van der Waals surface area contributed by atoms with Gasteiger partial charge in [-0.2, -0.15) is 0 Å². The minimum Gasteiger partial charge on any atom is -0.122 e. The van der Waals surface area contributed by atoms with Crippen LogP contribution in [0.25, 0.3) is 0 Å². The smallest absolute Gasteiger partial charge is 0.0477 e. The molecule has 0 radical (unpaired) electrons. The first-order valence-electron chi connectivity index (χ1n) is 5.66. The van der Waals surface area contributed by atoms with Gasteiger partial charge in [-0.25, -0.2) is 0 Å². The Morgan fingerprint density at radius 2 is 1.81 bits per heavy atom. The van der Waals surface area contributed by atoms with Gasteiger partial charge < -0.3 is 0 Å². The maximum absolute atomic E-state index is 6.04. The number of halogens is 2. The normalized spacial score (nSPS) is 12.2. The number of benzene rings is 1. The van der Waals surface area contributed by atoms with E-state index in [4.69, 9.17) is 11.6 Å². The molecule has 1 aromatic carbocycles. The highest BCUT2D eigenvalue weighted by molar-refractivity contribution is 9.10. The van der Waals surface area contributed by atoms with E-state index in [1.165, 1.54) is 21.2 Å². The van der Waals surface area contributed by atoms with E-state index in [9.17, 15) is 0 Å². The summed E-state index contributed by atoms with van der Waals surface area (Å²) in [7, 11) is 0. The summed E-state index contributed by atoms with van der Waals surface area (Å²) in [5.74, 6) is 1.10. The molecule has 1 aromatic rings. The van der Waals surface area contributed by atoms with Crippen molar-refractivity contribution >= 4 is 27.5 Å². The molecular formula is C14H20BrCl. The second kappa shape index (κ2) is 5.10. The Bertz CT molecular complexity index is 375. The minimum absolute atomic E-state index is 0.148. The minimum atomic E-state index is 0.148. The maximum atomic E-state index is 6.04. The Morgan fingerprint density at radius 1 is 1.25 bits per heavy atom. The molecule has 0 aliphatic carbocycles. The molecule has 0 amide bonds. The van der Waals surface area contributed by atoms with E-state index in [2.05, 4.69) is 62.7 Å². The van der Waals surface area contributed by atoms with E-state index >= 15 is 0 Å². The van der Waals surface area contributed by atoms with E-state index in [1.807, 2.05) is 0 Å². The molecule has 0 aliphatic rings. The van der Waals surface area contributed by atoms with E-state index in [1.54, 1.807) is 0 Å². The highest BCUT2D eigenvalue weighted by atomic mass is 79.9. The van der Waals surface area contributed by atoms with Gasteiger partial charge in [0.2, 0.25) is 0 Å². The highest BCUT2D eigenvalue weighted by Gasteiger charge is 2.19. The van der Waals surface area contributed by atoms with Gasteiger partial charge in [0.15, 0.2) is 0 Å². The molecule has 0 saturated heterocycles. The lowest BCUT2D eigenvalue weighted by Crippen LogP contribution is -2.13. The van der Waals surface area contributed by atoms with E-state index < -0.39 is 0 Å². The first kappa shape index (κ1) is 14.1. The maximum Gasteiger partial charge on any atom is 0.0477 e. The fraction of sp³-hybridized carbons (Fsp3) is 0.571. The van der Waals surface area contributed by atoms with Crippen LogP contribution < -0.4 is 0 Å². The number of hydrogen-bond acceptors (Lipinski definition) is 0. The fourth-order valence-electron chi connectivity index (χ4n) is 1.86. The van der Waals surface area contributed by atoms with Gasteiger partial charge in [0.05, 0.1) is 0 Å². The van der Waals surface area contributed by atoms with Crippen molar-refractivity contribution in [3.63, 3.8) is 0 Å². The average Bonchev–Trinajstić information content (AvgIpc) is 2.15. The van der Waals surface area contributed by atoms with Gasteiger partial charge in [-0.15, -0.1) is 11.6 Å². The Hall–Kier alpha value is -0.0100. The molecule has 2 heteroatoms. The first-order chi connectivity index (χ1) is 7.27. The van der Waals surface area contributed by atoms with Crippen molar-refractivity contribution in [3.8, 4) is 0 Å². The molecule has 0 heterocycles. The SMILES string of the molecule is CC(C)c1cc(Br)c(C(C)(C)C)cc1CCl. The lowest BCUT2D eigenvalue weighted by molar-refractivity contribution is 0.585. The van der Waals surface area contributed by atoms with Crippen molar-refractivity contribution in [3.05, 3.63) is 33.3 Å². The van der Waals surface area contributed by atoms with Gasteiger partial charge in [0.1, 0.15) is 0 Å². The molecule has 0 nitrogen and oxygen atoms in total. The zero-order valence-corrected chi connectivity index (χ0v) is 13.0. The van der Waals surface area contributed by atoms with Crippen molar-refractivity contribution in [2.45, 2.75) is 51.8 Å². The third-order valence-electron chi connectivity index (χ3n) is 2.80. The summed E-state index contributed by atoms with van der Waals surface area (Å²) in [4.78, 5) is 0. The summed E-state index contributed by atoms with van der Waals surface area (Å²) in [5, 5.41) is 0. The summed E-state index contributed by atoms with van der Waals surface area (Å²) in [6, 6.07) is 4.47. The van der Waals surface area contributed by atoms with Crippen LogP contribution in [0.4, 0.5) is 0 Å². The number of rotatable bonds is 2. The fourth-order valence-corrected chi connectivity index (χ4v) is 3.05. The molecule has 0 fully saturated rings. The summed E-state index contributed by atoms with van der Waals surface area (Å²) in [6.45, 7) is 11.1. The molecule has 0 aliphatic heterocycles.